The van der Waals surface area contributed by atoms with Crippen LogP contribution in [0.15, 0.2) is 42.1 Å². The van der Waals surface area contributed by atoms with Gasteiger partial charge in [-0.1, -0.05) is 57.2 Å². The molecule has 5 nitrogen and oxygen atoms in total. The van der Waals surface area contributed by atoms with Crippen LogP contribution in [0.3, 0.4) is 0 Å². The van der Waals surface area contributed by atoms with Crippen LogP contribution in [0.25, 0.3) is 0 Å². The van der Waals surface area contributed by atoms with Gasteiger partial charge < -0.3 is 10.7 Å². The lowest BCUT2D eigenvalue weighted by Gasteiger charge is -2.33. The molecule has 0 heterocycles. The van der Waals surface area contributed by atoms with E-state index in [4.69, 9.17) is 0 Å². The average molecular weight is 343 g/mol. The Morgan fingerprint density at radius 3 is 2.36 bits per heavy atom. The Kier molecular flexibility index (Phi) is 6.23. The molecule has 2 rings (SSSR count). The molecule has 0 radical (unpaired) electrons. The van der Waals surface area contributed by atoms with Gasteiger partial charge in [0.05, 0.1) is 6.04 Å². The standard InChI is InChI=1S/C20H29N3O2/c1-14(15-8-6-5-7-9-15)21-18(24)19(25)23-22-17-12-10-16(11-13-17)20(2,3)4/h5-9,12,14,16,22H,10-11,13H2,1-4H3,(H,21,24)(H,23,25)/t14-,16-/m0/s1. The van der Waals surface area contributed by atoms with Gasteiger partial charge in [-0.2, -0.15) is 0 Å². The van der Waals surface area contributed by atoms with Crippen molar-refractivity contribution in [3.63, 3.8) is 0 Å². The van der Waals surface area contributed by atoms with Gasteiger partial charge >= 0.3 is 11.8 Å². The Bertz CT molecular complexity index is 632. The van der Waals surface area contributed by atoms with Gasteiger partial charge in [-0.3, -0.25) is 15.0 Å². The number of hydrazine groups is 1. The van der Waals surface area contributed by atoms with E-state index in [9.17, 15) is 9.59 Å². The summed E-state index contributed by atoms with van der Waals surface area (Å²) in [7, 11) is 0. The van der Waals surface area contributed by atoms with E-state index in [0.717, 1.165) is 30.5 Å². The summed E-state index contributed by atoms with van der Waals surface area (Å²) in [6.45, 7) is 8.61. The summed E-state index contributed by atoms with van der Waals surface area (Å²) in [4.78, 5) is 24.0. The van der Waals surface area contributed by atoms with Crippen LogP contribution < -0.4 is 16.2 Å². The topological polar surface area (TPSA) is 70.2 Å². The van der Waals surface area contributed by atoms with Crippen LogP contribution >= 0.6 is 0 Å². The molecule has 0 unspecified atom stereocenters. The van der Waals surface area contributed by atoms with Gasteiger partial charge in [-0.05, 0) is 43.1 Å². The fourth-order valence-corrected chi connectivity index (χ4v) is 3.02. The normalized spacial score (nSPS) is 18.7. The predicted octanol–water partition coefficient (Wildman–Crippen LogP) is 3.21. The van der Waals surface area contributed by atoms with Crippen LogP contribution in [0.4, 0.5) is 0 Å². The summed E-state index contributed by atoms with van der Waals surface area (Å²) in [5.74, 6) is -0.682. The summed E-state index contributed by atoms with van der Waals surface area (Å²) in [5, 5.41) is 2.70. The SMILES string of the molecule is C[C@H](NC(=O)C(=O)NNC1=CC[C@H](C(C)(C)C)CC1)c1ccccc1. The van der Waals surface area contributed by atoms with E-state index in [0.29, 0.717) is 11.3 Å². The monoisotopic (exact) mass is 343 g/mol. The van der Waals surface area contributed by atoms with Crippen molar-refractivity contribution in [2.75, 3.05) is 0 Å². The molecule has 2 amide bonds. The molecule has 0 bridgehead atoms. The number of benzene rings is 1. The molecule has 5 heteroatoms. The Morgan fingerprint density at radius 1 is 1.12 bits per heavy atom. The van der Waals surface area contributed by atoms with Gasteiger partial charge in [0.2, 0.25) is 0 Å². The molecule has 0 saturated heterocycles. The van der Waals surface area contributed by atoms with Crippen LogP contribution in [-0.2, 0) is 9.59 Å². The fourth-order valence-electron chi connectivity index (χ4n) is 3.02. The first kappa shape index (κ1) is 19.0. The first-order valence-corrected chi connectivity index (χ1v) is 8.88. The maximum Gasteiger partial charge on any atom is 0.327 e. The first-order valence-electron chi connectivity index (χ1n) is 8.88. The zero-order valence-electron chi connectivity index (χ0n) is 15.6. The van der Waals surface area contributed by atoms with Crippen LogP contribution in [0.1, 0.15) is 58.6 Å². The second-order valence-electron chi connectivity index (χ2n) is 7.75. The Hall–Kier alpha value is -2.30. The molecule has 0 fully saturated rings. The van der Waals surface area contributed by atoms with Crippen LogP contribution in [0.2, 0.25) is 0 Å². The number of hydrogen-bond acceptors (Lipinski definition) is 3. The van der Waals surface area contributed by atoms with E-state index >= 15 is 0 Å². The van der Waals surface area contributed by atoms with Crippen LogP contribution in [0.5, 0.6) is 0 Å². The molecule has 1 aromatic carbocycles. The summed E-state index contributed by atoms with van der Waals surface area (Å²) in [6, 6.07) is 9.33. The number of carbonyl (C=O) groups excluding carboxylic acids is 2. The zero-order valence-corrected chi connectivity index (χ0v) is 15.6. The number of rotatable bonds is 4. The largest absolute Gasteiger partial charge is 0.341 e. The minimum absolute atomic E-state index is 0.221. The maximum atomic E-state index is 12.0. The van der Waals surface area contributed by atoms with Crippen molar-refractivity contribution in [3.8, 4) is 0 Å². The van der Waals surface area contributed by atoms with Crippen molar-refractivity contribution in [1.82, 2.24) is 16.2 Å². The molecular formula is C20H29N3O2. The smallest absolute Gasteiger partial charge is 0.327 e. The highest BCUT2D eigenvalue weighted by molar-refractivity contribution is 6.35. The first-order chi connectivity index (χ1) is 11.8. The molecule has 0 aliphatic heterocycles. The third kappa shape index (κ3) is 5.62. The number of allylic oxidation sites excluding steroid dienone is 2. The molecule has 0 aromatic heterocycles. The molecule has 2 atom stereocenters. The van der Waals surface area contributed by atoms with Crippen molar-refractivity contribution in [1.29, 1.82) is 0 Å². The van der Waals surface area contributed by atoms with Crippen molar-refractivity contribution in [2.24, 2.45) is 11.3 Å². The van der Waals surface area contributed by atoms with E-state index in [1.807, 2.05) is 37.3 Å². The highest BCUT2D eigenvalue weighted by atomic mass is 16.2. The molecular weight excluding hydrogens is 314 g/mol. The zero-order chi connectivity index (χ0) is 18.4. The lowest BCUT2D eigenvalue weighted by Crippen LogP contribution is -2.46. The highest BCUT2D eigenvalue weighted by Gasteiger charge is 2.26. The number of amides is 2. The van der Waals surface area contributed by atoms with Gasteiger partial charge in [0.15, 0.2) is 0 Å². The number of nitrogens with one attached hydrogen (secondary N) is 3. The minimum Gasteiger partial charge on any atom is -0.341 e. The van der Waals surface area contributed by atoms with Crippen molar-refractivity contribution >= 4 is 11.8 Å². The van der Waals surface area contributed by atoms with Gasteiger partial charge in [0.25, 0.3) is 0 Å². The second-order valence-corrected chi connectivity index (χ2v) is 7.75. The van der Waals surface area contributed by atoms with Gasteiger partial charge in [-0.25, -0.2) is 0 Å². The van der Waals surface area contributed by atoms with Gasteiger partial charge in [-0.15, -0.1) is 0 Å². The van der Waals surface area contributed by atoms with E-state index in [1.165, 1.54) is 0 Å². The second kappa shape index (κ2) is 8.19. The molecule has 0 spiro atoms. The van der Waals surface area contributed by atoms with E-state index < -0.39 is 11.8 Å². The van der Waals surface area contributed by atoms with E-state index in [1.54, 1.807) is 0 Å². The lowest BCUT2D eigenvalue weighted by atomic mass is 9.74. The minimum atomic E-state index is -0.679. The highest BCUT2D eigenvalue weighted by Crippen LogP contribution is 2.36. The quantitative estimate of drug-likeness (QED) is 0.581. The summed E-state index contributed by atoms with van der Waals surface area (Å²) in [6.07, 6.45) is 5.06. The van der Waals surface area contributed by atoms with Crippen LogP contribution in [-0.4, -0.2) is 11.8 Å². The van der Waals surface area contributed by atoms with Gasteiger partial charge in [0.1, 0.15) is 0 Å². The number of hydrogen-bond donors (Lipinski definition) is 3. The van der Waals surface area contributed by atoms with E-state index in [2.05, 4.69) is 43.0 Å². The summed E-state index contributed by atoms with van der Waals surface area (Å²) >= 11 is 0. The molecule has 3 N–H and O–H groups in total. The molecule has 1 aliphatic carbocycles. The Labute approximate surface area is 150 Å². The van der Waals surface area contributed by atoms with Gasteiger partial charge in [0, 0.05) is 5.70 Å². The molecule has 25 heavy (non-hydrogen) atoms. The maximum absolute atomic E-state index is 12.0. The Morgan fingerprint density at radius 2 is 1.80 bits per heavy atom. The Balaban J connectivity index is 1.78. The predicted molar refractivity (Wildman–Crippen MR) is 99.2 cm³/mol. The third-order valence-corrected chi connectivity index (χ3v) is 4.83. The molecule has 1 aromatic rings. The summed E-state index contributed by atoms with van der Waals surface area (Å²) in [5.41, 5.74) is 7.60. The van der Waals surface area contributed by atoms with Crippen molar-refractivity contribution < 1.29 is 9.59 Å². The van der Waals surface area contributed by atoms with E-state index in [-0.39, 0.29) is 6.04 Å². The van der Waals surface area contributed by atoms with Crippen molar-refractivity contribution in [3.05, 3.63) is 47.7 Å². The van der Waals surface area contributed by atoms with Crippen LogP contribution in [0, 0.1) is 11.3 Å². The molecule has 136 valence electrons. The van der Waals surface area contributed by atoms with Crippen molar-refractivity contribution in [2.45, 2.75) is 53.0 Å². The molecule has 1 aliphatic rings. The number of carbonyl (C=O) groups is 2. The third-order valence-electron chi connectivity index (χ3n) is 4.83. The molecule has 0 saturated carbocycles. The average Bonchev–Trinajstić information content (AvgIpc) is 2.60. The fraction of sp³-hybridized carbons (Fsp3) is 0.500. The summed E-state index contributed by atoms with van der Waals surface area (Å²) < 4.78 is 0. The lowest BCUT2D eigenvalue weighted by molar-refractivity contribution is -0.140.